The highest BCUT2D eigenvalue weighted by Crippen LogP contribution is 2.30. The topological polar surface area (TPSA) is 70.7 Å². The smallest absolute Gasteiger partial charge is 0.262 e. The van der Waals surface area contributed by atoms with Crippen molar-refractivity contribution >= 4 is 17.5 Å². The SMILES string of the molecule is O=C1COc2cc(C(=O)N[C@H]3CCN4CCCC[C@@H]34)ccc2N1. The number of amides is 2. The van der Waals surface area contributed by atoms with Gasteiger partial charge in [-0.2, -0.15) is 0 Å². The summed E-state index contributed by atoms with van der Waals surface area (Å²) in [6.07, 6.45) is 4.71. The molecule has 3 heterocycles. The standard InChI is InChI=1S/C17H21N3O3/c21-16-10-23-15-9-11(4-5-13(15)18-16)17(22)19-12-6-8-20-7-2-1-3-14(12)20/h4-5,9,12,14H,1-3,6-8,10H2,(H,18,21)(H,19,22)/t12-,14-/m0/s1. The molecule has 0 radical (unpaired) electrons. The van der Waals surface area contributed by atoms with E-state index in [1.165, 1.54) is 19.3 Å². The van der Waals surface area contributed by atoms with Crippen molar-refractivity contribution in [3.8, 4) is 5.75 Å². The number of nitrogens with zero attached hydrogens (tertiary/aromatic N) is 1. The molecule has 1 aromatic rings. The van der Waals surface area contributed by atoms with Crippen LogP contribution in [0, 0.1) is 0 Å². The van der Waals surface area contributed by atoms with Gasteiger partial charge in [-0.05, 0) is 44.0 Å². The van der Waals surface area contributed by atoms with Gasteiger partial charge in [-0.1, -0.05) is 6.42 Å². The molecule has 2 N–H and O–H groups in total. The van der Waals surface area contributed by atoms with Crippen LogP contribution in [0.4, 0.5) is 5.69 Å². The number of anilines is 1. The molecule has 0 unspecified atom stereocenters. The average molecular weight is 315 g/mol. The fourth-order valence-corrected chi connectivity index (χ4v) is 3.88. The minimum Gasteiger partial charge on any atom is -0.482 e. The maximum atomic E-state index is 12.6. The molecule has 0 aromatic heterocycles. The summed E-state index contributed by atoms with van der Waals surface area (Å²) in [4.78, 5) is 26.3. The summed E-state index contributed by atoms with van der Waals surface area (Å²) in [5.41, 5.74) is 1.20. The number of ether oxygens (including phenoxy) is 1. The summed E-state index contributed by atoms with van der Waals surface area (Å²) in [6.45, 7) is 2.23. The Balaban J connectivity index is 1.46. The lowest BCUT2D eigenvalue weighted by atomic mass is 9.98. The Morgan fingerprint density at radius 2 is 2.17 bits per heavy atom. The molecule has 6 heteroatoms. The van der Waals surface area contributed by atoms with Crippen LogP contribution >= 0.6 is 0 Å². The van der Waals surface area contributed by atoms with Gasteiger partial charge in [0.25, 0.3) is 11.8 Å². The molecule has 2 saturated heterocycles. The second-order valence-electron chi connectivity index (χ2n) is 6.52. The molecule has 2 atom stereocenters. The first-order valence-corrected chi connectivity index (χ1v) is 8.32. The average Bonchev–Trinajstić information content (AvgIpc) is 2.97. The fraction of sp³-hybridized carbons (Fsp3) is 0.529. The Hall–Kier alpha value is -2.08. The molecule has 0 saturated carbocycles. The predicted molar refractivity (Wildman–Crippen MR) is 85.6 cm³/mol. The van der Waals surface area contributed by atoms with Gasteiger partial charge in [0.15, 0.2) is 6.61 Å². The van der Waals surface area contributed by atoms with Crippen molar-refractivity contribution in [2.75, 3.05) is 25.0 Å². The summed E-state index contributed by atoms with van der Waals surface area (Å²) in [6, 6.07) is 5.89. The normalized spacial score (nSPS) is 26.7. The van der Waals surface area contributed by atoms with Crippen LogP contribution in [0.25, 0.3) is 0 Å². The monoisotopic (exact) mass is 315 g/mol. The molecule has 3 aliphatic heterocycles. The van der Waals surface area contributed by atoms with Crippen molar-refractivity contribution in [3.63, 3.8) is 0 Å². The van der Waals surface area contributed by atoms with E-state index >= 15 is 0 Å². The molecule has 6 nitrogen and oxygen atoms in total. The van der Waals surface area contributed by atoms with Gasteiger partial charge >= 0.3 is 0 Å². The zero-order chi connectivity index (χ0) is 15.8. The maximum absolute atomic E-state index is 12.6. The van der Waals surface area contributed by atoms with Gasteiger partial charge in [-0.15, -0.1) is 0 Å². The number of nitrogens with one attached hydrogen (secondary N) is 2. The number of rotatable bonds is 2. The van der Waals surface area contributed by atoms with Gasteiger partial charge in [0.2, 0.25) is 0 Å². The second kappa shape index (κ2) is 5.85. The maximum Gasteiger partial charge on any atom is 0.262 e. The third-order valence-corrected chi connectivity index (χ3v) is 5.05. The Bertz CT molecular complexity index is 646. The lowest BCUT2D eigenvalue weighted by Gasteiger charge is -2.32. The molecule has 4 rings (SSSR count). The Morgan fingerprint density at radius 1 is 1.26 bits per heavy atom. The molecular weight excluding hydrogens is 294 g/mol. The largest absolute Gasteiger partial charge is 0.482 e. The summed E-state index contributed by atoms with van der Waals surface area (Å²) in [5, 5.41) is 5.92. The third-order valence-electron chi connectivity index (χ3n) is 5.05. The van der Waals surface area contributed by atoms with Crippen LogP contribution in [-0.2, 0) is 4.79 Å². The first kappa shape index (κ1) is 14.5. The number of benzene rings is 1. The number of hydrogen-bond acceptors (Lipinski definition) is 4. The first-order chi connectivity index (χ1) is 11.2. The van der Waals surface area contributed by atoms with Gasteiger partial charge in [0, 0.05) is 24.2 Å². The van der Waals surface area contributed by atoms with E-state index in [-0.39, 0.29) is 24.5 Å². The minimum atomic E-state index is -0.168. The molecule has 23 heavy (non-hydrogen) atoms. The van der Waals surface area contributed by atoms with E-state index in [0.717, 1.165) is 19.5 Å². The van der Waals surface area contributed by atoms with Gasteiger partial charge in [-0.25, -0.2) is 0 Å². The van der Waals surface area contributed by atoms with Gasteiger partial charge < -0.3 is 15.4 Å². The highest BCUT2D eigenvalue weighted by molar-refractivity contribution is 5.99. The van der Waals surface area contributed by atoms with Crippen molar-refractivity contribution in [2.24, 2.45) is 0 Å². The number of carbonyl (C=O) groups is 2. The van der Waals surface area contributed by atoms with Crippen molar-refractivity contribution in [1.29, 1.82) is 0 Å². The van der Waals surface area contributed by atoms with E-state index in [2.05, 4.69) is 15.5 Å². The molecule has 122 valence electrons. The molecule has 1 aromatic carbocycles. The lowest BCUT2D eigenvalue weighted by molar-refractivity contribution is -0.118. The predicted octanol–water partition coefficient (Wildman–Crippen LogP) is 1.37. The number of fused-ring (bicyclic) bond motifs is 2. The number of carbonyl (C=O) groups excluding carboxylic acids is 2. The van der Waals surface area contributed by atoms with E-state index in [4.69, 9.17) is 4.74 Å². The zero-order valence-corrected chi connectivity index (χ0v) is 13.0. The highest BCUT2D eigenvalue weighted by Gasteiger charge is 2.36. The first-order valence-electron chi connectivity index (χ1n) is 8.32. The summed E-state index contributed by atoms with van der Waals surface area (Å²) < 4.78 is 5.38. The van der Waals surface area contributed by atoms with Gasteiger partial charge in [0.1, 0.15) is 5.75 Å². The molecule has 0 bridgehead atoms. The molecular formula is C17H21N3O3. The summed E-state index contributed by atoms with van der Waals surface area (Å²) in [5.74, 6) is 0.326. The van der Waals surface area contributed by atoms with E-state index in [9.17, 15) is 9.59 Å². The summed E-state index contributed by atoms with van der Waals surface area (Å²) in [7, 11) is 0. The van der Waals surface area contributed by atoms with E-state index in [1.54, 1.807) is 18.2 Å². The van der Waals surface area contributed by atoms with Gasteiger partial charge in [0.05, 0.1) is 5.69 Å². The van der Waals surface area contributed by atoms with Crippen LogP contribution in [0.5, 0.6) is 5.75 Å². The second-order valence-corrected chi connectivity index (χ2v) is 6.52. The highest BCUT2D eigenvalue weighted by atomic mass is 16.5. The van der Waals surface area contributed by atoms with Crippen LogP contribution in [0.3, 0.4) is 0 Å². The van der Waals surface area contributed by atoms with Crippen LogP contribution in [0.15, 0.2) is 18.2 Å². The Labute approximate surface area is 135 Å². The number of hydrogen-bond donors (Lipinski definition) is 2. The summed E-state index contributed by atoms with van der Waals surface area (Å²) >= 11 is 0. The lowest BCUT2D eigenvalue weighted by Crippen LogP contribution is -2.46. The Kier molecular flexibility index (Phi) is 3.69. The fourth-order valence-electron chi connectivity index (χ4n) is 3.88. The van der Waals surface area contributed by atoms with Crippen LogP contribution in [0.2, 0.25) is 0 Å². The Morgan fingerprint density at radius 3 is 3.09 bits per heavy atom. The van der Waals surface area contributed by atoms with E-state index in [1.807, 2.05) is 0 Å². The molecule has 2 fully saturated rings. The quantitative estimate of drug-likeness (QED) is 0.865. The third kappa shape index (κ3) is 2.79. The van der Waals surface area contributed by atoms with Crippen LogP contribution in [0.1, 0.15) is 36.0 Å². The molecule has 2 amide bonds. The molecule has 3 aliphatic rings. The van der Waals surface area contributed by atoms with Crippen LogP contribution in [-0.4, -0.2) is 48.5 Å². The number of piperidine rings is 1. The molecule has 0 aliphatic carbocycles. The van der Waals surface area contributed by atoms with E-state index in [0.29, 0.717) is 23.0 Å². The van der Waals surface area contributed by atoms with Crippen molar-refractivity contribution in [1.82, 2.24) is 10.2 Å². The van der Waals surface area contributed by atoms with Crippen molar-refractivity contribution in [3.05, 3.63) is 23.8 Å². The van der Waals surface area contributed by atoms with Crippen molar-refractivity contribution in [2.45, 2.75) is 37.8 Å². The van der Waals surface area contributed by atoms with Gasteiger partial charge in [-0.3, -0.25) is 14.5 Å². The van der Waals surface area contributed by atoms with Crippen molar-refractivity contribution < 1.29 is 14.3 Å². The van der Waals surface area contributed by atoms with Crippen LogP contribution < -0.4 is 15.4 Å². The molecule has 0 spiro atoms. The van der Waals surface area contributed by atoms with E-state index < -0.39 is 0 Å². The minimum absolute atomic E-state index is 0.00225. The zero-order valence-electron chi connectivity index (χ0n) is 13.0.